The summed E-state index contributed by atoms with van der Waals surface area (Å²) in [7, 11) is 3.84. The Morgan fingerprint density at radius 1 is 1.21 bits per heavy atom. The quantitative estimate of drug-likeness (QED) is 0.354. The molecule has 0 amide bonds. The highest BCUT2D eigenvalue weighted by Gasteiger charge is 2.17. The molecule has 10 heteroatoms. The largest absolute Gasteiger partial charge is 0.486 e. The fourth-order valence-corrected chi connectivity index (χ4v) is 4.02. The number of nitrogens with two attached hydrogens (primary N) is 1. The van der Waals surface area contributed by atoms with E-state index in [0.717, 1.165) is 16.9 Å². The number of hydrogen-bond donors (Lipinski definition) is 2. The van der Waals surface area contributed by atoms with Crippen LogP contribution in [0, 0.1) is 0 Å². The van der Waals surface area contributed by atoms with Crippen molar-refractivity contribution in [2.75, 3.05) is 19.0 Å². The van der Waals surface area contributed by atoms with Gasteiger partial charge in [-0.3, -0.25) is 4.79 Å². The third-order valence-electron chi connectivity index (χ3n) is 5.16. The molecule has 1 atom stereocenters. The maximum absolute atomic E-state index is 11.0. The van der Waals surface area contributed by atoms with Gasteiger partial charge in [0.2, 0.25) is 5.89 Å². The minimum atomic E-state index is -1.10. The van der Waals surface area contributed by atoms with Crippen molar-refractivity contribution in [2.45, 2.75) is 19.1 Å². The number of halogens is 2. The molecule has 0 saturated carbocycles. The molecule has 2 heterocycles. The van der Waals surface area contributed by atoms with E-state index in [-0.39, 0.29) is 23.1 Å². The van der Waals surface area contributed by atoms with E-state index in [2.05, 4.69) is 9.97 Å². The third-order valence-corrected chi connectivity index (χ3v) is 5.72. The first kappa shape index (κ1) is 23.8. The molecule has 3 N–H and O–H groups in total. The molecule has 0 aliphatic rings. The molecule has 2 aromatic heterocycles. The lowest BCUT2D eigenvalue weighted by Gasteiger charge is -2.13. The maximum atomic E-state index is 11.0. The first-order valence-electron chi connectivity index (χ1n) is 10.3. The van der Waals surface area contributed by atoms with Crippen molar-refractivity contribution in [1.29, 1.82) is 0 Å². The number of fused-ring (bicyclic) bond motifs is 1. The summed E-state index contributed by atoms with van der Waals surface area (Å²) in [6.07, 6.45) is 1.81. The van der Waals surface area contributed by atoms with E-state index in [1.165, 1.54) is 0 Å². The van der Waals surface area contributed by atoms with Crippen molar-refractivity contribution in [3.8, 4) is 17.2 Å². The number of pyridine rings is 1. The highest BCUT2D eigenvalue weighted by molar-refractivity contribution is 6.37. The molecule has 0 fully saturated rings. The van der Waals surface area contributed by atoms with Crippen LogP contribution in [0.4, 0.5) is 5.82 Å². The molecular formula is C24H22Cl2N4O4. The second kappa shape index (κ2) is 9.89. The van der Waals surface area contributed by atoms with E-state index >= 15 is 0 Å². The molecule has 0 saturated heterocycles. The van der Waals surface area contributed by atoms with Crippen LogP contribution in [-0.2, 0) is 17.8 Å². The summed E-state index contributed by atoms with van der Waals surface area (Å²) in [5, 5.41) is 9.54. The van der Waals surface area contributed by atoms with Crippen molar-refractivity contribution in [3.05, 3.63) is 69.8 Å². The predicted molar refractivity (Wildman–Crippen MR) is 132 cm³/mol. The lowest BCUT2D eigenvalue weighted by atomic mass is 10.1. The zero-order valence-corrected chi connectivity index (χ0v) is 20.0. The number of anilines is 1. The molecule has 0 spiro atoms. The minimum Gasteiger partial charge on any atom is -0.486 e. The number of carboxylic acid groups (broad SMARTS) is 1. The van der Waals surface area contributed by atoms with Gasteiger partial charge in [0.1, 0.15) is 24.0 Å². The average Bonchev–Trinajstić information content (AvgIpc) is 3.23. The number of aromatic nitrogens is 2. The number of carbonyl (C=O) groups is 1. The molecule has 0 bridgehead atoms. The summed E-state index contributed by atoms with van der Waals surface area (Å²) in [6.45, 7) is 0.147. The third kappa shape index (κ3) is 5.09. The Bertz CT molecular complexity index is 1320. The second-order valence-electron chi connectivity index (χ2n) is 7.91. The van der Waals surface area contributed by atoms with Crippen LogP contribution in [0.25, 0.3) is 22.6 Å². The zero-order chi connectivity index (χ0) is 24.4. The van der Waals surface area contributed by atoms with Crippen LogP contribution in [0.15, 0.2) is 53.1 Å². The number of hydrogen-bond acceptors (Lipinski definition) is 7. The van der Waals surface area contributed by atoms with Gasteiger partial charge in [0.15, 0.2) is 11.3 Å². The van der Waals surface area contributed by atoms with Crippen molar-refractivity contribution in [3.63, 3.8) is 0 Å². The van der Waals surface area contributed by atoms with E-state index in [1.54, 1.807) is 18.3 Å². The van der Waals surface area contributed by atoms with Crippen molar-refractivity contribution >= 4 is 46.1 Å². The van der Waals surface area contributed by atoms with Crippen LogP contribution in [0.2, 0.25) is 10.0 Å². The van der Waals surface area contributed by atoms with Crippen LogP contribution in [0.5, 0.6) is 5.75 Å². The molecular weight excluding hydrogens is 479 g/mol. The first-order chi connectivity index (χ1) is 16.2. The summed E-state index contributed by atoms with van der Waals surface area (Å²) in [5.74, 6) is 0.478. The summed E-state index contributed by atoms with van der Waals surface area (Å²) >= 11 is 12.7. The number of benzene rings is 2. The second-order valence-corrected chi connectivity index (χ2v) is 8.72. The monoisotopic (exact) mass is 500 g/mol. The number of para-hydroxylation sites is 1. The molecule has 2 aromatic carbocycles. The highest BCUT2D eigenvalue weighted by Crippen LogP contribution is 2.36. The summed E-state index contributed by atoms with van der Waals surface area (Å²) in [6, 6.07) is 11.5. The van der Waals surface area contributed by atoms with Crippen molar-refractivity contribution < 1.29 is 19.1 Å². The Hall–Kier alpha value is -3.33. The highest BCUT2D eigenvalue weighted by atomic mass is 35.5. The Labute approximate surface area is 205 Å². The molecule has 176 valence electrons. The van der Waals surface area contributed by atoms with Crippen LogP contribution in [0.1, 0.15) is 11.1 Å². The van der Waals surface area contributed by atoms with Crippen molar-refractivity contribution in [1.82, 2.24) is 9.97 Å². The number of rotatable bonds is 8. The SMILES string of the molecule is CN(C)c1ccc(-c2nc3c(COc4c(Cl)cc(CC(N)C(=O)O)cc4Cl)cccc3o2)cn1. The number of oxazole rings is 1. The average molecular weight is 501 g/mol. The molecule has 8 nitrogen and oxygen atoms in total. The van der Waals surface area contributed by atoms with Gasteiger partial charge in [-0.25, -0.2) is 9.97 Å². The number of nitrogens with zero attached hydrogens (tertiary/aromatic N) is 3. The van der Waals surface area contributed by atoms with Gasteiger partial charge in [0, 0.05) is 25.9 Å². The number of ether oxygens (including phenoxy) is 1. The fraction of sp³-hybridized carbons (Fsp3) is 0.208. The van der Waals surface area contributed by atoms with E-state index in [0.29, 0.717) is 28.3 Å². The molecule has 4 aromatic rings. The van der Waals surface area contributed by atoms with Gasteiger partial charge in [-0.1, -0.05) is 35.3 Å². The number of carboxylic acids is 1. The Kier molecular flexibility index (Phi) is 6.92. The summed E-state index contributed by atoms with van der Waals surface area (Å²) < 4.78 is 11.8. The first-order valence-corrected chi connectivity index (χ1v) is 11.1. The van der Waals surface area contributed by atoms with Gasteiger partial charge in [0.25, 0.3) is 0 Å². The molecule has 34 heavy (non-hydrogen) atoms. The van der Waals surface area contributed by atoms with Gasteiger partial charge < -0.3 is 24.9 Å². The lowest BCUT2D eigenvalue weighted by molar-refractivity contribution is -0.138. The minimum absolute atomic E-state index is 0.0977. The molecule has 0 aliphatic heterocycles. The standard InChI is InChI=1S/C24H22Cl2N4O4/c1-30(2)20-7-6-14(11-28-20)23-29-21-15(4-3-5-19(21)34-23)12-33-22-16(25)8-13(9-17(22)26)10-18(27)24(31)32/h3-9,11,18H,10,12,27H2,1-2H3,(H,31,32). The fourth-order valence-electron chi connectivity index (χ4n) is 3.38. The number of aliphatic carboxylic acids is 1. The van der Waals surface area contributed by atoms with E-state index in [4.69, 9.17) is 43.2 Å². The van der Waals surface area contributed by atoms with Crippen LogP contribution >= 0.6 is 23.2 Å². The lowest BCUT2D eigenvalue weighted by Crippen LogP contribution is -2.32. The van der Waals surface area contributed by atoms with E-state index < -0.39 is 12.0 Å². The van der Waals surface area contributed by atoms with E-state index in [1.807, 2.05) is 49.3 Å². The Morgan fingerprint density at radius 3 is 2.56 bits per heavy atom. The summed E-state index contributed by atoms with van der Waals surface area (Å²) in [4.78, 5) is 22.0. The zero-order valence-electron chi connectivity index (χ0n) is 18.5. The summed E-state index contributed by atoms with van der Waals surface area (Å²) in [5.41, 5.74) is 9.02. The van der Waals surface area contributed by atoms with Crippen molar-refractivity contribution in [2.24, 2.45) is 5.73 Å². The Balaban J connectivity index is 1.55. The van der Waals surface area contributed by atoms with Crippen LogP contribution in [0.3, 0.4) is 0 Å². The predicted octanol–water partition coefficient (Wildman–Crippen LogP) is 4.80. The smallest absolute Gasteiger partial charge is 0.320 e. The normalized spacial score (nSPS) is 12.0. The molecule has 0 radical (unpaired) electrons. The van der Waals surface area contributed by atoms with Gasteiger partial charge in [-0.15, -0.1) is 0 Å². The van der Waals surface area contributed by atoms with Crippen LogP contribution in [-0.4, -0.2) is 41.2 Å². The van der Waals surface area contributed by atoms with E-state index in [9.17, 15) is 4.79 Å². The van der Waals surface area contributed by atoms with Gasteiger partial charge >= 0.3 is 5.97 Å². The van der Waals surface area contributed by atoms with Gasteiger partial charge in [0.05, 0.1) is 15.6 Å². The molecule has 4 rings (SSSR count). The Morgan fingerprint density at radius 2 is 1.94 bits per heavy atom. The van der Waals surface area contributed by atoms with Gasteiger partial charge in [-0.2, -0.15) is 0 Å². The van der Waals surface area contributed by atoms with Gasteiger partial charge in [-0.05, 0) is 42.3 Å². The maximum Gasteiger partial charge on any atom is 0.320 e. The van der Waals surface area contributed by atoms with Crippen LogP contribution < -0.4 is 15.4 Å². The molecule has 0 aliphatic carbocycles. The topological polar surface area (TPSA) is 115 Å². The molecule has 1 unspecified atom stereocenters.